The van der Waals surface area contributed by atoms with Gasteiger partial charge < -0.3 is 10.0 Å². The average Bonchev–Trinajstić information content (AvgIpc) is 2.83. The topological polar surface area (TPSA) is 53.4 Å². The maximum absolute atomic E-state index is 10.8. The van der Waals surface area contributed by atoms with Gasteiger partial charge in [-0.2, -0.15) is 0 Å². The van der Waals surface area contributed by atoms with Crippen LogP contribution in [0.2, 0.25) is 0 Å². The van der Waals surface area contributed by atoms with Gasteiger partial charge in [0.05, 0.1) is 5.01 Å². The molecule has 0 radical (unpaired) electrons. The summed E-state index contributed by atoms with van der Waals surface area (Å²) in [7, 11) is 2.21. The van der Waals surface area contributed by atoms with Gasteiger partial charge >= 0.3 is 5.97 Å². The molecule has 5 heteroatoms. The second-order valence-corrected chi connectivity index (χ2v) is 5.98. The summed E-state index contributed by atoms with van der Waals surface area (Å²) in [6, 6.07) is 1.35. The van der Waals surface area contributed by atoms with E-state index in [1.54, 1.807) is 5.38 Å². The maximum Gasteiger partial charge on any atom is 0.355 e. The van der Waals surface area contributed by atoms with Gasteiger partial charge in [0.15, 0.2) is 5.69 Å². The van der Waals surface area contributed by atoms with E-state index in [-0.39, 0.29) is 5.69 Å². The van der Waals surface area contributed by atoms with Gasteiger partial charge in [0.2, 0.25) is 0 Å². The van der Waals surface area contributed by atoms with Crippen LogP contribution in [0.5, 0.6) is 0 Å². The molecule has 2 atom stereocenters. The Morgan fingerprint density at radius 2 is 2.12 bits per heavy atom. The van der Waals surface area contributed by atoms with Gasteiger partial charge in [0.1, 0.15) is 0 Å². The monoisotopic (exact) mass is 252 g/mol. The summed E-state index contributed by atoms with van der Waals surface area (Å²) in [5.41, 5.74) is 0.205. The standard InChI is InChI=1S/C12H16N2O2S/c1-14-8-2-3-9(14)5-7(4-8)11-13-10(6-17-11)12(15)16/h6-9H,2-5H2,1H3,(H,15,16)/t8-,9-/m0/s1. The molecule has 4 nitrogen and oxygen atoms in total. The number of aromatic carboxylic acids is 1. The first kappa shape index (κ1) is 11.2. The molecule has 3 heterocycles. The van der Waals surface area contributed by atoms with Crippen LogP contribution in [0.3, 0.4) is 0 Å². The molecule has 1 aromatic rings. The quantitative estimate of drug-likeness (QED) is 0.876. The van der Waals surface area contributed by atoms with Crippen molar-refractivity contribution in [1.82, 2.24) is 9.88 Å². The number of fused-ring (bicyclic) bond motifs is 2. The van der Waals surface area contributed by atoms with E-state index in [4.69, 9.17) is 5.11 Å². The highest BCUT2D eigenvalue weighted by molar-refractivity contribution is 7.09. The van der Waals surface area contributed by atoms with Crippen molar-refractivity contribution in [3.8, 4) is 0 Å². The van der Waals surface area contributed by atoms with Crippen molar-refractivity contribution in [3.63, 3.8) is 0 Å². The Morgan fingerprint density at radius 3 is 2.65 bits per heavy atom. The molecule has 1 aromatic heterocycles. The third-order valence-electron chi connectivity index (χ3n) is 4.19. The highest BCUT2D eigenvalue weighted by Crippen LogP contribution is 2.42. The molecule has 2 saturated heterocycles. The zero-order valence-corrected chi connectivity index (χ0v) is 10.6. The van der Waals surface area contributed by atoms with Crippen LogP contribution in [0.1, 0.15) is 47.1 Å². The molecule has 0 spiro atoms. The smallest absolute Gasteiger partial charge is 0.355 e. The van der Waals surface area contributed by atoms with E-state index in [1.165, 1.54) is 24.2 Å². The maximum atomic E-state index is 10.8. The van der Waals surface area contributed by atoms with Gasteiger partial charge in [-0.1, -0.05) is 0 Å². The first-order valence-electron chi connectivity index (χ1n) is 6.06. The third-order valence-corrected chi connectivity index (χ3v) is 5.20. The minimum atomic E-state index is -0.914. The van der Waals surface area contributed by atoms with E-state index in [1.807, 2.05) is 0 Å². The van der Waals surface area contributed by atoms with Crippen LogP contribution in [0.4, 0.5) is 0 Å². The van der Waals surface area contributed by atoms with Crippen molar-refractivity contribution in [3.05, 3.63) is 16.1 Å². The van der Waals surface area contributed by atoms with Gasteiger partial charge in [-0.3, -0.25) is 0 Å². The van der Waals surface area contributed by atoms with Crippen molar-refractivity contribution >= 4 is 17.3 Å². The summed E-state index contributed by atoms with van der Waals surface area (Å²) in [5.74, 6) is -0.440. The summed E-state index contributed by atoms with van der Waals surface area (Å²) in [5, 5.41) is 11.6. The number of piperidine rings is 1. The van der Waals surface area contributed by atoms with Crippen molar-refractivity contribution in [2.75, 3.05) is 7.05 Å². The molecule has 2 aliphatic heterocycles. The molecule has 2 aliphatic rings. The molecule has 0 aliphatic carbocycles. The normalized spacial score (nSPS) is 32.9. The Kier molecular flexibility index (Phi) is 2.67. The molecular weight excluding hydrogens is 236 g/mol. The fourth-order valence-corrected chi connectivity index (χ4v) is 4.11. The molecule has 0 unspecified atom stereocenters. The van der Waals surface area contributed by atoms with Crippen LogP contribution in [0.25, 0.3) is 0 Å². The molecular formula is C12H16N2O2S. The molecule has 92 valence electrons. The van der Waals surface area contributed by atoms with Gasteiger partial charge in [-0.05, 0) is 32.7 Å². The Morgan fingerprint density at radius 1 is 1.47 bits per heavy atom. The van der Waals surface area contributed by atoms with Crippen molar-refractivity contribution in [2.45, 2.75) is 43.7 Å². The number of carboxylic acids is 1. The van der Waals surface area contributed by atoms with Gasteiger partial charge in [0, 0.05) is 23.4 Å². The lowest BCUT2D eigenvalue weighted by Gasteiger charge is -2.35. The first-order chi connectivity index (χ1) is 8.15. The highest BCUT2D eigenvalue weighted by atomic mass is 32.1. The molecule has 2 bridgehead atoms. The zero-order valence-electron chi connectivity index (χ0n) is 9.80. The van der Waals surface area contributed by atoms with Crippen molar-refractivity contribution in [2.24, 2.45) is 0 Å². The molecule has 17 heavy (non-hydrogen) atoms. The summed E-state index contributed by atoms with van der Waals surface area (Å²) in [6.45, 7) is 0. The molecule has 2 fully saturated rings. The zero-order chi connectivity index (χ0) is 12.0. The van der Waals surface area contributed by atoms with Crippen LogP contribution in [0, 0.1) is 0 Å². The predicted molar refractivity (Wildman–Crippen MR) is 65.6 cm³/mol. The largest absolute Gasteiger partial charge is 0.476 e. The Hall–Kier alpha value is -0.940. The van der Waals surface area contributed by atoms with Crippen LogP contribution < -0.4 is 0 Å². The number of thiazole rings is 1. The number of hydrogen-bond acceptors (Lipinski definition) is 4. The second-order valence-electron chi connectivity index (χ2n) is 5.09. The molecule has 3 rings (SSSR count). The first-order valence-corrected chi connectivity index (χ1v) is 6.93. The van der Waals surface area contributed by atoms with Gasteiger partial charge in [-0.15, -0.1) is 11.3 Å². The van der Waals surface area contributed by atoms with E-state index in [0.717, 1.165) is 17.8 Å². The van der Waals surface area contributed by atoms with Gasteiger partial charge in [0.25, 0.3) is 0 Å². The van der Waals surface area contributed by atoms with Crippen LogP contribution >= 0.6 is 11.3 Å². The SMILES string of the molecule is CN1[C@H]2CC[C@H]1CC(c1nc(C(=O)O)cs1)C2. The number of hydrogen-bond donors (Lipinski definition) is 1. The predicted octanol–water partition coefficient (Wildman–Crippen LogP) is 2.18. The van der Waals surface area contributed by atoms with E-state index in [9.17, 15) is 4.79 Å². The summed E-state index contributed by atoms with van der Waals surface area (Å²) >= 11 is 1.51. The number of carboxylic acid groups (broad SMARTS) is 1. The van der Waals surface area contributed by atoms with E-state index in [0.29, 0.717) is 18.0 Å². The summed E-state index contributed by atoms with van der Waals surface area (Å²) in [6.07, 6.45) is 4.85. The molecule has 0 aromatic carbocycles. The highest BCUT2D eigenvalue weighted by Gasteiger charge is 2.39. The minimum Gasteiger partial charge on any atom is -0.476 e. The van der Waals surface area contributed by atoms with Gasteiger partial charge in [-0.25, -0.2) is 9.78 Å². The Balaban J connectivity index is 1.79. The molecule has 0 saturated carbocycles. The fraction of sp³-hybridized carbons (Fsp3) is 0.667. The lowest BCUT2D eigenvalue weighted by molar-refractivity contribution is 0.0691. The number of aromatic nitrogens is 1. The molecule has 0 amide bonds. The van der Waals surface area contributed by atoms with E-state index >= 15 is 0 Å². The minimum absolute atomic E-state index is 0.205. The fourth-order valence-electron chi connectivity index (χ4n) is 3.19. The van der Waals surface area contributed by atoms with Crippen molar-refractivity contribution < 1.29 is 9.90 Å². The number of rotatable bonds is 2. The molecule has 1 N–H and O–H groups in total. The number of nitrogens with zero attached hydrogens (tertiary/aromatic N) is 2. The summed E-state index contributed by atoms with van der Waals surface area (Å²) in [4.78, 5) is 17.6. The van der Waals surface area contributed by atoms with Crippen LogP contribution in [-0.2, 0) is 0 Å². The van der Waals surface area contributed by atoms with Crippen molar-refractivity contribution in [1.29, 1.82) is 0 Å². The lowest BCUT2D eigenvalue weighted by Crippen LogP contribution is -2.39. The lowest BCUT2D eigenvalue weighted by atomic mass is 9.92. The average molecular weight is 252 g/mol. The van der Waals surface area contributed by atoms with E-state index in [2.05, 4.69) is 16.9 Å². The summed E-state index contributed by atoms with van der Waals surface area (Å²) < 4.78 is 0. The van der Waals surface area contributed by atoms with E-state index < -0.39 is 5.97 Å². The van der Waals surface area contributed by atoms with Crippen LogP contribution in [0.15, 0.2) is 5.38 Å². The Bertz CT molecular complexity index is 431. The number of carbonyl (C=O) groups is 1. The van der Waals surface area contributed by atoms with Crippen LogP contribution in [-0.4, -0.2) is 40.1 Å². The second kappa shape index (κ2) is 4.07. The Labute approximate surface area is 104 Å². The third kappa shape index (κ3) is 1.87.